The van der Waals surface area contributed by atoms with E-state index in [9.17, 15) is 4.79 Å². The highest BCUT2D eigenvalue weighted by atomic mass is 35.5. The number of carbonyl (C=O) groups excluding carboxylic acids is 1. The molecule has 1 amide bonds. The molecule has 0 N–H and O–H groups in total. The minimum atomic E-state index is 0.0281. The van der Waals surface area contributed by atoms with Crippen LogP contribution in [0.1, 0.15) is 24.8 Å². The average Bonchev–Trinajstić information content (AvgIpc) is 3.11. The van der Waals surface area contributed by atoms with Gasteiger partial charge in [-0.05, 0) is 18.9 Å². The van der Waals surface area contributed by atoms with Crippen molar-refractivity contribution in [3.8, 4) is 0 Å². The molecule has 2 aromatic heterocycles. The van der Waals surface area contributed by atoms with Crippen molar-refractivity contribution in [3.63, 3.8) is 0 Å². The van der Waals surface area contributed by atoms with Gasteiger partial charge in [-0.3, -0.25) is 9.48 Å². The van der Waals surface area contributed by atoms with Crippen LogP contribution in [0.15, 0.2) is 24.7 Å². The van der Waals surface area contributed by atoms with Gasteiger partial charge in [0.05, 0.1) is 6.20 Å². The molecule has 0 spiro atoms. The number of amides is 1. The average molecular weight is 325 g/mol. The predicted molar refractivity (Wildman–Crippen MR) is 82.5 cm³/mol. The predicted octanol–water partition coefficient (Wildman–Crippen LogP) is 2.57. The smallest absolute Gasteiger partial charge is 0.244 e. The van der Waals surface area contributed by atoms with Gasteiger partial charge in [0.1, 0.15) is 15.9 Å². The van der Waals surface area contributed by atoms with Gasteiger partial charge in [-0.15, -0.1) is 11.3 Å². The number of nitrogens with zero attached hydrogens (tertiary/aromatic N) is 4. The molecule has 1 saturated heterocycles. The number of thiazole rings is 1. The molecular weight excluding hydrogens is 308 g/mol. The van der Waals surface area contributed by atoms with Gasteiger partial charge in [-0.25, -0.2) is 4.98 Å². The quantitative estimate of drug-likeness (QED) is 0.872. The van der Waals surface area contributed by atoms with E-state index >= 15 is 0 Å². The topological polar surface area (TPSA) is 51.0 Å². The van der Waals surface area contributed by atoms with Crippen molar-refractivity contribution in [2.24, 2.45) is 0 Å². The van der Waals surface area contributed by atoms with Gasteiger partial charge in [-0.1, -0.05) is 18.5 Å². The summed E-state index contributed by atoms with van der Waals surface area (Å²) < 4.78 is 2.39. The highest BCUT2D eigenvalue weighted by Crippen LogP contribution is 2.38. The lowest BCUT2D eigenvalue weighted by molar-refractivity contribution is -0.133. The fourth-order valence-electron chi connectivity index (χ4n) is 2.63. The zero-order valence-corrected chi connectivity index (χ0v) is 13.4. The maximum atomic E-state index is 12.2. The molecule has 0 aromatic carbocycles. The molecule has 21 heavy (non-hydrogen) atoms. The first-order valence-corrected chi connectivity index (χ1v) is 8.13. The highest BCUT2D eigenvalue weighted by Gasteiger charge is 2.35. The summed E-state index contributed by atoms with van der Waals surface area (Å²) in [6.07, 6.45) is 7.04. The molecule has 1 aliphatic heterocycles. The fourth-order valence-corrected chi connectivity index (χ4v) is 3.74. The highest BCUT2D eigenvalue weighted by molar-refractivity contribution is 7.15. The number of piperidine rings is 1. The number of rotatable bonds is 3. The maximum absolute atomic E-state index is 12.2. The molecule has 0 bridgehead atoms. The molecular formula is C14H17ClN4OS. The summed E-state index contributed by atoms with van der Waals surface area (Å²) in [6.45, 7) is 4.03. The van der Waals surface area contributed by atoms with E-state index in [-0.39, 0.29) is 11.3 Å². The number of hydrogen-bond donors (Lipinski definition) is 0. The second kappa shape index (κ2) is 5.77. The molecule has 3 rings (SSSR count). The van der Waals surface area contributed by atoms with Crippen molar-refractivity contribution in [2.45, 2.75) is 31.7 Å². The van der Waals surface area contributed by atoms with Crippen molar-refractivity contribution in [1.82, 2.24) is 19.7 Å². The number of halogens is 1. The van der Waals surface area contributed by atoms with E-state index in [4.69, 9.17) is 11.6 Å². The van der Waals surface area contributed by atoms with Crippen LogP contribution in [-0.4, -0.2) is 38.7 Å². The Balaban J connectivity index is 1.61. The Labute approximate surface area is 132 Å². The van der Waals surface area contributed by atoms with E-state index in [0.717, 1.165) is 35.3 Å². The number of hydrogen-bond acceptors (Lipinski definition) is 4. The second-order valence-electron chi connectivity index (χ2n) is 5.61. The van der Waals surface area contributed by atoms with Crippen LogP contribution in [0.25, 0.3) is 0 Å². The third kappa shape index (κ3) is 3.11. The van der Waals surface area contributed by atoms with Crippen LogP contribution in [0.4, 0.5) is 0 Å². The van der Waals surface area contributed by atoms with Gasteiger partial charge < -0.3 is 4.90 Å². The Morgan fingerprint density at radius 1 is 1.48 bits per heavy atom. The fraction of sp³-hybridized carbons (Fsp3) is 0.500. The molecule has 1 aliphatic rings. The van der Waals surface area contributed by atoms with E-state index in [1.165, 1.54) is 0 Å². The van der Waals surface area contributed by atoms with Gasteiger partial charge in [-0.2, -0.15) is 5.10 Å². The molecule has 5 nitrogen and oxygen atoms in total. The SMILES string of the molecule is CC1(c2ncc(Cl)s2)CCN(C(=O)Cn2cccn2)CC1. The molecule has 2 aromatic rings. The van der Waals surface area contributed by atoms with Crippen molar-refractivity contribution in [2.75, 3.05) is 13.1 Å². The Hall–Kier alpha value is -1.40. The van der Waals surface area contributed by atoms with Gasteiger partial charge >= 0.3 is 0 Å². The van der Waals surface area contributed by atoms with Crippen LogP contribution in [0.2, 0.25) is 4.34 Å². The zero-order chi connectivity index (χ0) is 14.9. The Morgan fingerprint density at radius 3 is 2.81 bits per heavy atom. The first kappa shape index (κ1) is 14.5. The normalized spacial score (nSPS) is 17.9. The van der Waals surface area contributed by atoms with E-state index in [1.807, 2.05) is 17.2 Å². The molecule has 0 aliphatic carbocycles. The van der Waals surface area contributed by atoms with Crippen LogP contribution in [-0.2, 0) is 16.8 Å². The molecule has 3 heterocycles. The lowest BCUT2D eigenvalue weighted by atomic mass is 9.81. The van der Waals surface area contributed by atoms with Crippen LogP contribution in [0, 0.1) is 0 Å². The molecule has 0 saturated carbocycles. The van der Waals surface area contributed by atoms with E-state index in [2.05, 4.69) is 17.0 Å². The molecule has 0 unspecified atom stereocenters. The standard InChI is InChI=1S/C14H17ClN4OS/c1-14(13-16-9-11(15)21-13)3-7-18(8-4-14)12(20)10-19-6-2-5-17-19/h2,5-6,9H,3-4,7-8,10H2,1H3. The maximum Gasteiger partial charge on any atom is 0.244 e. The lowest BCUT2D eigenvalue weighted by Crippen LogP contribution is -2.45. The first-order valence-electron chi connectivity index (χ1n) is 6.94. The Morgan fingerprint density at radius 2 is 2.24 bits per heavy atom. The summed E-state index contributed by atoms with van der Waals surface area (Å²) in [5.74, 6) is 0.123. The van der Waals surface area contributed by atoms with E-state index in [1.54, 1.807) is 28.4 Å². The van der Waals surface area contributed by atoms with E-state index in [0.29, 0.717) is 6.54 Å². The Bertz CT molecular complexity index is 617. The minimum Gasteiger partial charge on any atom is -0.341 e. The largest absolute Gasteiger partial charge is 0.341 e. The van der Waals surface area contributed by atoms with Gasteiger partial charge in [0.15, 0.2) is 0 Å². The van der Waals surface area contributed by atoms with Crippen molar-refractivity contribution < 1.29 is 4.79 Å². The number of carbonyl (C=O) groups is 1. The van der Waals surface area contributed by atoms with Crippen molar-refractivity contribution in [1.29, 1.82) is 0 Å². The van der Waals surface area contributed by atoms with Gasteiger partial charge in [0.2, 0.25) is 5.91 Å². The summed E-state index contributed by atoms with van der Waals surface area (Å²) >= 11 is 7.53. The van der Waals surface area contributed by atoms with Crippen molar-refractivity contribution in [3.05, 3.63) is 34.0 Å². The third-order valence-corrected chi connectivity index (χ3v) is 5.49. The molecule has 0 radical (unpaired) electrons. The van der Waals surface area contributed by atoms with Crippen LogP contribution < -0.4 is 0 Å². The lowest BCUT2D eigenvalue weighted by Gasteiger charge is -2.38. The molecule has 112 valence electrons. The van der Waals surface area contributed by atoms with Crippen molar-refractivity contribution >= 4 is 28.8 Å². The summed E-state index contributed by atoms with van der Waals surface area (Å²) in [7, 11) is 0. The monoisotopic (exact) mass is 324 g/mol. The van der Waals surface area contributed by atoms with Crippen LogP contribution in [0.3, 0.4) is 0 Å². The van der Waals surface area contributed by atoms with E-state index < -0.39 is 0 Å². The van der Waals surface area contributed by atoms with Crippen LogP contribution in [0.5, 0.6) is 0 Å². The third-order valence-electron chi connectivity index (χ3n) is 4.07. The summed E-state index contributed by atoms with van der Waals surface area (Å²) in [5, 5.41) is 5.15. The van der Waals surface area contributed by atoms with Gasteiger partial charge in [0.25, 0.3) is 0 Å². The first-order chi connectivity index (χ1) is 10.1. The Kier molecular flexibility index (Phi) is 3.99. The summed E-state index contributed by atoms with van der Waals surface area (Å²) in [4.78, 5) is 18.6. The van der Waals surface area contributed by atoms with Gasteiger partial charge in [0, 0.05) is 30.9 Å². The minimum absolute atomic E-state index is 0.0281. The molecule has 0 atom stereocenters. The molecule has 7 heteroatoms. The second-order valence-corrected chi connectivity index (χ2v) is 7.28. The van der Waals surface area contributed by atoms with Crippen LogP contribution >= 0.6 is 22.9 Å². The zero-order valence-electron chi connectivity index (χ0n) is 11.8. The number of aromatic nitrogens is 3. The summed E-state index contributed by atoms with van der Waals surface area (Å²) in [5.41, 5.74) is 0.0281. The summed E-state index contributed by atoms with van der Waals surface area (Å²) in [6, 6.07) is 1.83. The number of likely N-dealkylation sites (tertiary alicyclic amines) is 1. The molecule has 1 fully saturated rings.